The van der Waals surface area contributed by atoms with Crippen molar-refractivity contribution in [2.24, 2.45) is 0 Å². The van der Waals surface area contributed by atoms with Crippen molar-refractivity contribution >= 4 is 11.7 Å². The number of ether oxygens (including phenoxy) is 2. The molecule has 0 bridgehead atoms. The number of methoxy groups -OCH3 is 1. The van der Waals surface area contributed by atoms with Gasteiger partial charge in [-0.15, -0.1) is 0 Å². The number of anilines is 1. The maximum atomic E-state index is 14.3. The first-order chi connectivity index (χ1) is 17.5. The molecule has 2 N–H and O–H groups in total. The summed E-state index contributed by atoms with van der Waals surface area (Å²) < 4.78 is 26.6. The Balaban J connectivity index is 1.32. The van der Waals surface area contributed by atoms with Crippen LogP contribution >= 0.6 is 0 Å². The number of benzene rings is 3. The van der Waals surface area contributed by atoms with Gasteiger partial charge in [0, 0.05) is 36.3 Å². The van der Waals surface area contributed by atoms with Crippen LogP contribution in [-0.4, -0.2) is 22.7 Å². The summed E-state index contributed by atoms with van der Waals surface area (Å²) in [5.74, 6) is 0.816. The van der Waals surface area contributed by atoms with E-state index in [2.05, 4.69) is 15.6 Å². The van der Waals surface area contributed by atoms with Crippen LogP contribution in [0.5, 0.6) is 11.5 Å². The fraction of sp³-hybridized carbons (Fsp3) is 0.148. The summed E-state index contributed by atoms with van der Waals surface area (Å²) in [6.07, 6.45) is 3.10. The fourth-order valence-electron chi connectivity index (χ4n) is 3.51. The summed E-state index contributed by atoms with van der Waals surface area (Å²) in [5, 5.41) is 5.54. The Kier molecular flexibility index (Phi) is 7.92. The second-order valence-electron chi connectivity index (χ2n) is 7.93. The number of nitrogens with zero attached hydrogens (tertiary/aromatic N) is 2. The van der Waals surface area contributed by atoms with Gasteiger partial charge in [0.2, 0.25) is 0 Å². The highest BCUT2D eigenvalue weighted by Gasteiger charge is 2.08. The maximum absolute atomic E-state index is 14.3. The molecular formula is C27H25FN4O4. The molecule has 36 heavy (non-hydrogen) atoms. The van der Waals surface area contributed by atoms with Crippen LogP contribution in [0.25, 0.3) is 0 Å². The number of carbonyl (C=O) groups is 1. The summed E-state index contributed by atoms with van der Waals surface area (Å²) in [4.78, 5) is 28.0. The van der Waals surface area contributed by atoms with E-state index in [-0.39, 0.29) is 18.8 Å². The smallest absolute Gasteiger partial charge is 0.347 e. The van der Waals surface area contributed by atoms with Crippen molar-refractivity contribution in [3.05, 3.63) is 118 Å². The molecule has 184 valence electrons. The van der Waals surface area contributed by atoms with E-state index in [1.54, 1.807) is 74.0 Å². The van der Waals surface area contributed by atoms with Crippen LogP contribution in [-0.2, 0) is 19.7 Å². The average molecular weight is 489 g/mol. The van der Waals surface area contributed by atoms with Crippen LogP contribution in [0.1, 0.15) is 16.7 Å². The second-order valence-corrected chi connectivity index (χ2v) is 7.93. The standard InChI is InChI=1S/C27H25FN4O4/c1-35-23-7-3-8-24(15-23)36-18-21-13-19(9-10-25(21)28)16-30-26(33)31-22-6-2-5-20(14-22)17-32-12-4-11-29-27(32)34/h2-15H,16-18H2,1H3,(H2,30,31,33). The van der Waals surface area contributed by atoms with Crippen molar-refractivity contribution in [2.45, 2.75) is 19.7 Å². The van der Waals surface area contributed by atoms with Gasteiger partial charge in [0.05, 0.1) is 13.7 Å². The topological polar surface area (TPSA) is 94.5 Å². The van der Waals surface area contributed by atoms with Crippen LogP contribution in [0.15, 0.2) is 90.0 Å². The van der Waals surface area contributed by atoms with Gasteiger partial charge in [0.1, 0.15) is 23.9 Å². The zero-order valence-corrected chi connectivity index (χ0v) is 19.6. The van der Waals surface area contributed by atoms with Crippen molar-refractivity contribution in [2.75, 3.05) is 12.4 Å². The molecule has 0 radical (unpaired) electrons. The van der Waals surface area contributed by atoms with E-state index in [4.69, 9.17) is 9.47 Å². The Labute approximate surface area is 207 Å². The predicted molar refractivity (Wildman–Crippen MR) is 134 cm³/mol. The second kappa shape index (κ2) is 11.7. The van der Waals surface area contributed by atoms with Gasteiger partial charge >= 0.3 is 11.7 Å². The molecule has 0 saturated carbocycles. The van der Waals surface area contributed by atoms with Gasteiger partial charge < -0.3 is 20.1 Å². The fourth-order valence-corrected chi connectivity index (χ4v) is 3.51. The van der Waals surface area contributed by atoms with E-state index in [1.165, 1.54) is 16.8 Å². The third kappa shape index (κ3) is 6.69. The summed E-state index contributed by atoms with van der Waals surface area (Å²) in [5.41, 5.74) is 2.16. The summed E-state index contributed by atoms with van der Waals surface area (Å²) >= 11 is 0. The summed E-state index contributed by atoms with van der Waals surface area (Å²) in [6, 6.07) is 20.1. The molecule has 0 unspecified atom stereocenters. The molecule has 8 nitrogen and oxygen atoms in total. The number of rotatable bonds is 9. The lowest BCUT2D eigenvalue weighted by Crippen LogP contribution is -2.28. The maximum Gasteiger partial charge on any atom is 0.347 e. The molecule has 4 aromatic rings. The number of amides is 2. The Hall–Kier alpha value is -4.66. The third-order valence-corrected chi connectivity index (χ3v) is 5.32. The molecule has 0 aliphatic carbocycles. The monoisotopic (exact) mass is 488 g/mol. The van der Waals surface area contributed by atoms with Gasteiger partial charge in [-0.25, -0.2) is 19.0 Å². The number of aromatic nitrogens is 2. The van der Waals surface area contributed by atoms with Crippen molar-refractivity contribution in [3.63, 3.8) is 0 Å². The highest BCUT2D eigenvalue weighted by atomic mass is 19.1. The first-order valence-electron chi connectivity index (χ1n) is 11.2. The zero-order valence-electron chi connectivity index (χ0n) is 19.6. The molecule has 9 heteroatoms. The first kappa shape index (κ1) is 24.5. The van der Waals surface area contributed by atoms with Crippen molar-refractivity contribution in [1.82, 2.24) is 14.9 Å². The largest absolute Gasteiger partial charge is 0.497 e. The minimum absolute atomic E-state index is 0.0336. The summed E-state index contributed by atoms with van der Waals surface area (Å²) in [7, 11) is 1.56. The minimum Gasteiger partial charge on any atom is -0.497 e. The molecule has 1 heterocycles. The van der Waals surface area contributed by atoms with E-state index < -0.39 is 11.8 Å². The molecule has 1 aromatic heterocycles. The van der Waals surface area contributed by atoms with Gasteiger partial charge in [-0.3, -0.25) is 4.57 Å². The number of carbonyl (C=O) groups excluding carboxylic acids is 1. The van der Waals surface area contributed by atoms with Crippen LogP contribution in [0.2, 0.25) is 0 Å². The number of halogens is 1. The number of nitrogens with one attached hydrogen (secondary N) is 2. The van der Waals surface area contributed by atoms with Gasteiger partial charge in [-0.2, -0.15) is 0 Å². The van der Waals surface area contributed by atoms with E-state index in [0.717, 1.165) is 11.1 Å². The molecule has 0 fully saturated rings. The Morgan fingerprint density at radius 3 is 2.67 bits per heavy atom. The highest BCUT2D eigenvalue weighted by molar-refractivity contribution is 5.89. The Morgan fingerprint density at radius 1 is 1.00 bits per heavy atom. The van der Waals surface area contributed by atoms with Gasteiger partial charge in [0.15, 0.2) is 0 Å². The van der Waals surface area contributed by atoms with Gasteiger partial charge in [0.25, 0.3) is 0 Å². The van der Waals surface area contributed by atoms with Gasteiger partial charge in [-0.1, -0.05) is 24.3 Å². The molecule has 2 amide bonds. The van der Waals surface area contributed by atoms with E-state index in [9.17, 15) is 14.0 Å². The van der Waals surface area contributed by atoms with E-state index in [1.807, 2.05) is 6.07 Å². The molecule has 4 rings (SSSR count). The lowest BCUT2D eigenvalue weighted by atomic mass is 10.1. The quantitative estimate of drug-likeness (QED) is 0.366. The molecule has 0 aliphatic heterocycles. The molecular weight excluding hydrogens is 463 g/mol. The molecule has 0 atom stereocenters. The lowest BCUT2D eigenvalue weighted by molar-refractivity contribution is 0.251. The number of hydrogen-bond donors (Lipinski definition) is 2. The Morgan fingerprint density at radius 2 is 1.83 bits per heavy atom. The average Bonchev–Trinajstić information content (AvgIpc) is 2.89. The van der Waals surface area contributed by atoms with E-state index >= 15 is 0 Å². The van der Waals surface area contributed by atoms with Crippen LogP contribution in [0.3, 0.4) is 0 Å². The number of urea groups is 1. The van der Waals surface area contributed by atoms with Gasteiger partial charge in [-0.05, 0) is 53.6 Å². The van der Waals surface area contributed by atoms with Crippen molar-refractivity contribution in [3.8, 4) is 11.5 Å². The number of hydrogen-bond acceptors (Lipinski definition) is 5. The normalized spacial score (nSPS) is 10.5. The molecule has 0 saturated heterocycles. The summed E-state index contributed by atoms with van der Waals surface area (Å²) in [6.45, 7) is 0.564. The molecule has 0 aliphatic rings. The first-order valence-corrected chi connectivity index (χ1v) is 11.2. The molecule has 3 aromatic carbocycles. The lowest BCUT2D eigenvalue weighted by Gasteiger charge is -2.12. The molecule has 0 spiro atoms. The van der Waals surface area contributed by atoms with Crippen LogP contribution in [0.4, 0.5) is 14.9 Å². The third-order valence-electron chi connectivity index (χ3n) is 5.32. The predicted octanol–water partition coefficient (Wildman–Crippen LogP) is 4.34. The Bertz CT molecular complexity index is 1410. The minimum atomic E-state index is -0.413. The van der Waals surface area contributed by atoms with Crippen LogP contribution < -0.4 is 25.8 Å². The zero-order chi connectivity index (χ0) is 25.3. The SMILES string of the molecule is COc1cccc(OCc2cc(CNC(=O)Nc3cccc(Cn4cccnc4=O)c3)ccc2F)c1. The van der Waals surface area contributed by atoms with Crippen molar-refractivity contribution in [1.29, 1.82) is 0 Å². The van der Waals surface area contributed by atoms with Crippen molar-refractivity contribution < 1.29 is 18.7 Å². The van der Waals surface area contributed by atoms with Crippen LogP contribution in [0, 0.1) is 5.82 Å². The van der Waals surface area contributed by atoms with E-state index in [0.29, 0.717) is 29.3 Å². The highest BCUT2D eigenvalue weighted by Crippen LogP contribution is 2.21.